The fourth-order valence-electron chi connectivity index (χ4n) is 9.19. The first kappa shape index (κ1) is 49.7. The maximum atomic E-state index is 18.2. The number of rotatable bonds is 17. The third kappa shape index (κ3) is 10.4. The quantitative estimate of drug-likeness (QED) is 0.0842. The summed E-state index contributed by atoms with van der Waals surface area (Å²) < 4.78 is 93.9. The first-order valence-electron chi connectivity index (χ1n) is 23.4. The second kappa shape index (κ2) is 21.2. The Morgan fingerprint density at radius 2 is 1.50 bits per heavy atom. The molecule has 0 bridgehead atoms. The SMILES string of the molecule is COc1ccc(CNc2nccnc2C(C)N2C=C(OC[C@@H]3CCCN3C)Oc3c(F)c(-c4nc(N(Cc5ccc(OC)cc5)Cc5ccc(OC)cc5)cc(C)c4C(F)(F)F)c(Cl)c4c3C2=NCN4)cc1. The Labute approximate surface area is 420 Å². The molecule has 19 heteroatoms. The zero-order valence-electron chi connectivity index (χ0n) is 40.6. The number of ether oxygens (including phenoxy) is 5. The van der Waals surface area contributed by atoms with E-state index in [1.54, 1.807) is 69.1 Å². The largest absolute Gasteiger partial charge is 0.497 e. The number of aryl methyl sites for hydroxylation is 1. The number of hydrogen-bond acceptors (Lipinski definition) is 14. The lowest BCUT2D eigenvalue weighted by Gasteiger charge is -2.32. The number of methoxy groups -OCH3 is 3. The van der Waals surface area contributed by atoms with Crippen molar-refractivity contribution in [3.63, 3.8) is 0 Å². The van der Waals surface area contributed by atoms with E-state index in [1.165, 1.54) is 13.0 Å². The topological polar surface area (TPSA) is 131 Å². The minimum atomic E-state index is -4.99. The van der Waals surface area contributed by atoms with Gasteiger partial charge in [-0.15, -0.1) is 0 Å². The van der Waals surface area contributed by atoms with Crippen molar-refractivity contribution in [2.75, 3.05) is 63.7 Å². The number of anilines is 3. The van der Waals surface area contributed by atoms with Crippen LogP contribution in [0.4, 0.5) is 34.9 Å². The molecule has 4 aromatic carbocycles. The highest BCUT2D eigenvalue weighted by atomic mass is 35.5. The molecule has 376 valence electrons. The van der Waals surface area contributed by atoms with Crippen LogP contribution in [0.5, 0.6) is 23.0 Å². The van der Waals surface area contributed by atoms with Crippen molar-refractivity contribution in [2.24, 2.45) is 4.99 Å². The Balaban J connectivity index is 1.17. The highest BCUT2D eigenvalue weighted by Crippen LogP contribution is 2.51. The van der Waals surface area contributed by atoms with Crippen LogP contribution in [-0.4, -0.2) is 84.8 Å². The van der Waals surface area contributed by atoms with Gasteiger partial charge in [0.05, 0.1) is 66.7 Å². The smallest absolute Gasteiger partial charge is 0.418 e. The van der Waals surface area contributed by atoms with Crippen LogP contribution in [0.1, 0.15) is 64.9 Å². The molecule has 3 aliphatic heterocycles. The fourth-order valence-corrected chi connectivity index (χ4v) is 9.53. The first-order chi connectivity index (χ1) is 34.7. The Bertz CT molecular complexity index is 2930. The lowest BCUT2D eigenvalue weighted by atomic mass is 9.96. The monoisotopic (exact) mass is 1010 g/mol. The van der Waals surface area contributed by atoms with Crippen LogP contribution in [0.3, 0.4) is 0 Å². The summed E-state index contributed by atoms with van der Waals surface area (Å²) in [4.78, 5) is 24.7. The van der Waals surface area contributed by atoms with Crippen LogP contribution in [0.15, 0.2) is 108 Å². The molecule has 5 heterocycles. The molecule has 2 N–H and O–H groups in total. The number of nitrogens with one attached hydrogen (secondary N) is 2. The van der Waals surface area contributed by atoms with E-state index < -0.39 is 40.6 Å². The van der Waals surface area contributed by atoms with Gasteiger partial charge in [0.25, 0.3) is 0 Å². The van der Waals surface area contributed by atoms with Gasteiger partial charge in [0.15, 0.2) is 11.6 Å². The molecule has 9 rings (SSSR count). The van der Waals surface area contributed by atoms with E-state index in [9.17, 15) is 0 Å². The molecular weight excluding hydrogens is 954 g/mol. The van der Waals surface area contributed by atoms with Crippen molar-refractivity contribution in [3.8, 4) is 34.3 Å². The molecule has 1 fully saturated rings. The number of pyridine rings is 1. The molecule has 0 amide bonds. The van der Waals surface area contributed by atoms with E-state index in [2.05, 4.69) is 20.5 Å². The van der Waals surface area contributed by atoms with Crippen molar-refractivity contribution in [1.29, 1.82) is 0 Å². The molecule has 0 saturated carbocycles. The molecule has 2 aromatic heterocycles. The number of aliphatic imine (C=N–C) groups is 1. The summed E-state index contributed by atoms with van der Waals surface area (Å²) in [7, 11) is 6.73. The second-order valence-corrected chi connectivity index (χ2v) is 18.1. The Kier molecular flexibility index (Phi) is 14.6. The second-order valence-electron chi connectivity index (χ2n) is 17.7. The Hall–Kier alpha value is -7.31. The van der Waals surface area contributed by atoms with Crippen molar-refractivity contribution in [1.82, 2.24) is 24.8 Å². The number of halogens is 5. The van der Waals surface area contributed by atoms with Gasteiger partial charge in [-0.05, 0) is 105 Å². The predicted molar refractivity (Wildman–Crippen MR) is 268 cm³/mol. The van der Waals surface area contributed by atoms with Gasteiger partial charge in [0.1, 0.15) is 53.7 Å². The van der Waals surface area contributed by atoms with Crippen LogP contribution < -0.4 is 34.5 Å². The zero-order valence-corrected chi connectivity index (χ0v) is 41.4. The number of alkyl halides is 3. The number of benzene rings is 4. The predicted octanol–water partition coefficient (Wildman–Crippen LogP) is 11.0. The van der Waals surface area contributed by atoms with Gasteiger partial charge in [0.2, 0.25) is 0 Å². The maximum absolute atomic E-state index is 18.2. The van der Waals surface area contributed by atoms with Gasteiger partial charge in [-0.3, -0.25) is 4.98 Å². The van der Waals surface area contributed by atoms with E-state index in [0.717, 1.165) is 41.8 Å². The molecule has 1 unspecified atom stereocenters. The molecule has 14 nitrogen and oxygen atoms in total. The number of likely N-dealkylation sites (tertiary alicyclic amines) is 1. The number of amidine groups is 1. The molecule has 0 aliphatic carbocycles. The van der Waals surface area contributed by atoms with E-state index in [0.29, 0.717) is 29.6 Å². The summed E-state index contributed by atoms with van der Waals surface area (Å²) in [5, 5.41) is 6.18. The third-order valence-electron chi connectivity index (χ3n) is 13.1. The van der Waals surface area contributed by atoms with E-state index in [1.807, 2.05) is 67.4 Å². The first-order valence-corrected chi connectivity index (χ1v) is 23.7. The molecular formula is C53H54ClF4N9O5. The normalized spacial score (nSPS) is 15.8. The van der Waals surface area contributed by atoms with E-state index in [4.69, 9.17) is 50.2 Å². The van der Waals surface area contributed by atoms with Crippen LogP contribution in [0.2, 0.25) is 5.02 Å². The minimum absolute atomic E-state index is 0.0200. The van der Waals surface area contributed by atoms with Crippen LogP contribution in [0.25, 0.3) is 11.3 Å². The third-order valence-corrected chi connectivity index (χ3v) is 13.5. The lowest BCUT2D eigenvalue weighted by molar-refractivity contribution is -0.137. The number of likely N-dealkylation sites (N-methyl/N-ethyl adjacent to an activating group) is 1. The highest BCUT2D eigenvalue weighted by molar-refractivity contribution is 6.37. The molecule has 1 saturated heterocycles. The summed E-state index contributed by atoms with van der Waals surface area (Å²) in [6.45, 7) is 5.00. The molecule has 0 spiro atoms. The number of nitrogens with zero attached hydrogens (tertiary/aromatic N) is 7. The van der Waals surface area contributed by atoms with Crippen LogP contribution >= 0.6 is 11.6 Å². The minimum Gasteiger partial charge on any atom is -0.497 e. The molecule has 6 aromatic rings. The zero-order chi connectivity index (χ0) is 50.7. The standard InChI is InChI=1S/C53H54ClF4N9O5/c1-31-24-40(66(26-34-11-17-38(69-5)18-12-34)27-35-13-19-39(70-6)20-14-35)64-48(44(31)53(56,57)58)42-45(54)49-43-50(46(42)55)72-41(71-29-36-8-7-23-65(36)3)28-67(52(43)63-30-62-49)32(2)47-51(60-22-21-59-47)61-25-33-9-15-37(68-4)16-10-33/h9-22,24,28,32,36,62H,7-8,23,25-27,29-30H2,1-6H3,(H,60,61)/t32?,36-/m0/s1. The number of hydrogen-bond donors (Lipinski definition) is 2. The number of aromatic nitrogens is 3. The fraction of sp³-hybridized carbons (Fsp3) is 0.321. The molecule has 2 atom stereocenters. The summed E-state index contributed by atoms with van der Waals surface area (Å²) in [5.74, 6) is 1.06. The van der Waals surface area contributed by atoms with Gasteiger partial charge in [0, 0.05) is 38.1 Å². The van der Waals surface area contributed by atoms with E-state index in [-0.39, 0.29) is 71.8 Å². The van der Waals surface area contributed by atoms with Crippen LogP contribution in [-0.2, 0) is 30.5 Å². The Morgan fingerprint density at radius 3 is 2.08 bits per heavy atom. The Morgan fingerprint density at radius 1 is 0.889 bits per heavy atom. The summed E-state index contributed by atoms with van der Waals surface area (Å²) in [5.41, 5.74) is 0.588. The highest BCUT2D eigenvalue weighted by Gasteiger charge is 2.43. The molecule has 72 heavy (non-hydrogen) atoms. The van der Waals surface area contributed by atoms with Gasteiger partial charge in [-0.2, -0.15) is 13.2 Å². The van der Waals surface area contributed by atoms with E-state index >= 15 is 17.6 Å². The molecule has 0 radical (unpaired) electrons. The summed E-state index contributed by atoms with van der Waals surface area (Å²) >= 11 is 7.28. The average Bonchev–Trinajstić information content (AvgIpc) is 3.72. The van der Waals surface area contributed by atoms with Crippen LogP contribution in [0, 0.1) is 12.7 Å². The van der Waals surface area contributed by atoms with Crippen molar-refractivity contribution in [3.05, 3.63) is 153 Å². The van der Waals surface area contributed by atoms with Crippen molar-refractivity contribution < 1.29 is 41.2 Å². The summed E-state index contributed by atoms with van der Waals surface area (Å²) in [6, 6.07) is 23.0. The van der Waals surface area contributed by atoms with Crippen molar-refractivity contribution >= 4 is 34.8 Å². The summed E-state index contributed by atoms with van der Waals surface area (Å²) in [6.07, 6.45) is 1.54. The van der Waals surface area contributed by atoms with Crippen molar-refractivity contribution in [2.45, 2.75) is 64.6 Å². The lowest BCUT2D eigenvalue weighted by Crippen LogP contribution is -2.34. The average molecular weight is 1010 g/mol. The van der Waals surface area contributed by atoms with Gasteiger partial charge in [-0.1, -0.05) is 48.0 Å². The molecule has 3 aliphatic rings. The van der Waals surface area contributed by atoms with Gasteiger partial charge >= 0.3 is 12.1 Å². The maximum Gasteiger partial charge on any atom is 0.418 e. The van der Waals surface area contributed by atoms with Gasteiger partial charge < -0.3 is 49.0 Å². The van der Waals surface area contributed by atoms with Gasteiger partial charge in [-0.25, -0.2) is 19.4 Å².